The maximum atomic E-state index is 5.03. The lowest BCUT2D eigenvalue weighted by molar-refractivity contribution is 0.369. The van der Waals surface area contributed by atoms with Gasteiger partial charge in [-0.25, -0.2) is 0 Å². The molecular formula is C5H6INO2S. The van der Waals surface area contributed by atoms with Gasteiger partial charge in [0.2, 0.25) is 0 Å². The molecule has 0 saturated heterocycles. The van der Waals surface area contributed by atoms with Crippen LogP contribution in [0, 0.1) is 0 Å². The van der Waals surface area contributed by atoms with Crippen molar-refractivity contribution < 1.29 is 8.71 Å². The molecule has 10 heavy (non-hydrogen) atoms. The Morgan fingerprint density at radius 3 is 3.30 bits per heavy atom. The third-order valence-electron chi connectivity index (χ3n) is 0.977. The Balaban J connectivity index is 2.15. The summed E-state index contributed by atoms with van der Waals surface area (Å²) in [6.45, 7) is 0.681. The van der Waals surface area contributed by atoms with E-state index in [1.54, 1.807) is 6.26 Å². The monoisotopic (exact) mass is 271 g/mol. The molecule has 0 bridgehead atoms. The van der Waals surface area contributed by atoms with Gasteiger partial charge in [0.05, 0.1) is 21.5 Å². The van der Waals surface area contributed by atoms with E-state index < -0.39 is 0 Å². The molecular weight excluding hydrogens is 265 g/mol. The molecule has 56 valence electrons. The van der Waals surface area contributed by atoms with Crippen molar-refractivity contribution in [3.63, 3.8) is 0 Å². The molecule has 0 unspecified atom stereocenters. The maximum absolute atomic E-state index is 5.03. The third kappa shape index (κ3) is 2.89. The molecule has 0 amide bonds. The Bertz CT molecular complexity index is 168. The molecule has 0 fully saturated rings. The first-order valence-corrected chi connectivity index (χ1v) is 6.01. The fourth-order valence-electron chi connectivity index (χ4n) is 0.544. The number of nitrogens with zero attached hydrogens (tertiary/aromatic N) is 1. The Morgan fingerprint density at radius 2 is 2.70 bits per heavy atom. The highest BCUT2D eigenvalue weighted by atomic mass is 127. The van der Waals surface area contributed by atoms with E-state index in [1.165, 1.54) is 9.21 Å². The average molecular weight is 271 g/mol. The summed E-state index contributed by atoms with van der Waals surface area (Å²) in [6, 6.07) is 1.83. The number of rotatable bonds is 4. The van der Waals surface area contributed by atoms with Gasteiger partial charge in [0.25, 0.3) is 0 Å². The summed E-state index contributed by atoms with van der Waals surface area (Å²) >= 11 is 2.08. The molecule has 0 N–H and O–H groups in total. The Hall–Kier alpha value is 0.250. The van der Waals surface area contributed by atoms with Crippen LogP contribution in [0.1, 0.15) is 5.69 Å². The smallest absolute Gasteiger partial charge is 0.124 e. The second-order valence-electron chi connectivity index (χ2n) is 1.63. The first-order valence-electron chi connectivity index (χ1n) is 2.73. The zero-order chi connectivity index (χ0) is 7.23. The van der Waals surface area contributed by atoms with Gasteiger partial charge in [-0.15, -0.1) is 0 Å². The number of halogens is 1. The van der Waals surface area contributed by atoms with Gasteiger partial charge in [-0.05, 0) is 0 Å². The number of hydrogen-bond donors (Lipinski definition) is 0. The van der Waals surface area contributed by atoms with Gasteiger partial charge in [0.1, 0.15) is 6.26 Å². The second kappa shape index (κ2) is 4.97. The second-order valence-corrected chi connectivity index (χ2v) is 3.07. The van der Waals surface area contributed by atoms with E-state index in [-0.39, 0.29) is 0 Å². The highest BCUT2D eigenvalue weighted by Crippen LogP contribution is 2.12. The van der Waals surface area contributed by atoms with Crippen LogP contribution in [0.25, 0.3) is 0 Å². The van der Waals surface area contributed by atoms with Crippen LogP contribution in [0.3, 0.4) is 0 Å². The van der Waals surface area contributed by atoms with E-state index in [9.17, 15) is 0 Å². The largest absolute Gasteiger partial charge is 0.365 e. The SMILES string of the molecule is ISOCCc1ccon1. The van der Waals surface area contributed by atoms with Crippen molar-refractivity contribution in [3.8, 4) is 0 Å². The van der Waals surface area contributed by atoms with Crippen LogP contribution in [0.4, 0.5) is 0 Å². The van der Waals surface area contributed by atoms with E-state index in [4.69, 9.17) is 4.18 Å². The van der Waals surface area contributed by atoms with Gasteiger partial charge in [0.15, 0.2) is 0 Å². The lowest BCUT2D eigenvalue weighted by Gasteiger charge is -1.92. The summed E-state index contributed by atoms with van der Waals surface area (Å²) in [6.07, 6.45) is 2.37. The summed E-state index contributed by atoms with van der Waals surface area (Å²) in [5.41, 5.74) is 0.936. The Kier molecular flexibility index (Phi) is 4.15. The lowest BCUT2D eigenvalue weighted by atomic mass is 10.3. The molecule has 0 atom stereocenters. The van der Waals surface area contributed by atoms with Gasteiger partial charge in [-0.2, -0.15) is 0 Å². The van der Waals surface area contributed by atoms with Crippen molar-refractivity contribution in [3.05, 3.63) is 18.0 Å². The summed E-state index contributed by atoms with van der Waals surface area (Å²) < 4.78 is 9.66. The van der Waals surface area contributed by atoms with Crippen molar-refractivity contribution in [1.29, 1.82) is 0 Å². The van der Waals surface area contributed by atoms with Crippen molar-refractivity contribution in [1.82, 2.24) is 5.16 Å². The van der Waals surface area contributed by atoms with Crippen LogP contribution in [0.5, 0.6) is 0 Å². The molecule has 0 aliphatic heterocycles. The molecule has 3 nitrogen and oxygen atoms in total. The van der Waals surface area contributed by atoms with Crippen molar-refractivity contribution >= 4 is 30.4 Å². The first kappa shape index (κ1) is 8.35. The highest BCUT2D eigenvalue weighted by molar-refractivity contribution is 14.2. The van der Waals surface area contributed by atoms with Gasteiger partial charge in [-0.1, -0.05) is 5.16 Å². The minimum absolute atomic E-state index is 0.681. The van der Waals surface area contributed by atoms with Gasteiger partial charge < -0.3 is 8.71 Å². The summed E-state index contributed by atoms with van der Waals surface area (Å²) in [7, 11) is 1.34. The quantitative estimate of drug-likeness (QED) is 0.478. The van der Waals surface area contributed by atoms with Crippen LogP contribution in [-0.2, 0) is 10.6 Å². The van der Waals surface area contributed by atoms with E-state index in [0.29, 0.717) is 6.61 Å². The predicted octanol–water partition coefficient (Wildman–Crippen LogP) is 2.23. The molecule has 0 aromatic carbocycles. The molecule has 1 aromatic heterocycles. The molecule has 0 aliphatic rings. The Morgan fingerprint density at radius 1 is 1.80 bits per heavy atom. The molecule has 0 radical (unpaired) electrons. The van der Waals surface area contributed by atoms with Crippen LogP contribution >= 0.6 is 30.4 Å². The summed E-state index contributed by atoms with van der Waals surface area (Å²) in [5, 5.41) is 3.72. The topological polar surface area (TPSA) is 35.3 Å². The molecule has 1 aromatic rings. The molecule has 1 rings (SSSR count). The first-order chi connectivity index (χ1) is 4.93. The van der Waals surface area contributed by atoms with Crippen LogP contribution in [0.15, 0.2) is 16.9 Å². The maximum Gasteiger partial charge on any atom is 0.124 e. The molecule has 5 heteroatoms. The fourth-order valence-corrected chi connectivity index (χ4v) is 1.23. The molecule has 1 heterocycles. The van der Waals surface area contributed by atoms with Gasteiger partial charge in [-0.3, -0.25) is 0 Å². The lowest BCUT2D eigenvalue weighted by Crippen LogP contribution is -1.91. The molecule has 0 aliphatic carbocycles. The van der Waals surface area contributed by atoms with Crippen LogP contribution in [0.2, 0.25) is 0 Å². The van der Waals surface area contributed by atoms with Crippen molar-refractivity contribution in [2.75, 3.05) is 6.61 Å². The van der Waals surface area contributed by atoms with Crippen LogP contribution in [-0.4, -0.2) is 11.8 Å². The number of hydrogen-bond acceptors (Lipinski definition) is 4. The zero-order valence-corrected chi connectivity index (χ0v) is 8.09. The summed E-state index contributed by atoms with van der Waals surface area (Å²) in [5.74, 6) is 0. The predicted molar refractivity (Wildman–Crippen MR) is 47.8 cm³/mol. The minimum atomic E-state index is 0.681. The fraction of sp³-hybridized carbons (Fsp3) is 0.400. The standard InChI is InChI=1S/C5H6INO2S/c6-10-9-4-2-5-1-3-8-7-5/h1,3H,2,4H2. The van der Waals surface area contributed by atoms with E-state index in [1.807, 2.05) is 6.07 Å². The third-order valence-corrected chi connectivity index (χ3v) is 2.00. The van der Waals surface area contributed by atoms with Gasteiger partial charge in [0, 0.05) is 33.7 Å². The number of aromatic nitrogens is 1. The Labute approximate surface area is 75.3 Å². The highest BCUT2D eigenvalue weighted by Gasteiger charge is 1.94. The van der Waals surface area contributed by atoms with E-state index in [2.05, 4.69) is 30.9 Å². The van der Waals surface area contributed by atoms with Gasteiger partial charge >= 0.3 is 0 Å². The molecule has 0 spiro atoms. The van der Waals surface area contributed by atoms with Crippen molar-refractivity contribution in [2.24, 2.45) is 0 Å². The summed E-state index contributed by atoms with van der Waals surface area (Å²) in [4.78, 5) is 0. The van der Waals surface area contributed by atoms with Crippen LogP contribution < -0.4 is 0 Å². The zero-order valence-electron chi connectivity index (χ0n) is 5.12. The van der Waals surface area contributed by atoms with E-state index in [0.717, 1.165) is 12.1 Å². The normalized spacial score (nSPS) is 10.1. The minimum Gasteiger partial charge on any atom is -0.365 e. The average Bonchev–Trinajstić information content (AvgIpc) is 2.41. The molecule has 0 saturated carbocycles. The van der Waals surface area contributed by atoms with Crippen molar-refractivity contribution in [2.45, 2.75) is 6.42 Å². The van der Waals surface area contributed by atoms with E-state index >= 15 is 0 Å².